The molecule has 0 saturated carbocycles. The number of nitrogens with zero attached hydrogens (tertiary/aromatic N) is 5. The van der Waals surface area contributed by atoms with E-state index in [0.29, 0.717) is 44.4 Å². The third-order valence-corrected chi connectivity index (χ3v) is 5.53. The van der Waals surface area contributed by atoms with E-state index >= 15 is 0 Å². The third kappa shape index (κ3) is 3.42. The molecule has 2 saturated heterocycles. The molecule has 29 heavy (non-hydrogen) atoms. The lowest BCUT2D eigenvalue weighted by atomic mass is 9.90. The Hall–Kier alpha value is -2.74. The molecule has 2 aromatic heterocycles. The molecule has 2 aliphatic heterocycles. The number of benzene rings is 1. The van der Waals surface area contributed by atoms with E-state index in [1.165, 1.54) is 0 Å². The van der Waals surface area contributed by atoms with Crippen molar-refractivity contribution in [3.8, 4) is 11.4 Å². The van der Waals surface area contributed by atoms with Gasteiger partial charge in [-0.05, 0) is 11.5 Å². The first-order valence-electron chi connectivity index (χ1n) is 10.0. The van der Waals surface area contributed by atoms with Crippen LogP contribution in [-0.4, -0.2) is 57.0 Å². The van der Waals surface area contributed by atoms with Crippen molar-refractivity contribution < 1.29 is 14.1 Å². The van der Waals surface area contributed by atoms with Gasteiger partial charge in [-0.1, -0.05) is 38.1 Å². The second-order valence-corrected chi connectivity index (χ2v) is 9.24. The zero-order chi connectivity index (χ0) is 20.2. The minimum atomic E-state index is -0.00337. The number of fused-ring (bicyclic) bond motifs is 1. The van der Waals surface area contributed by atoms with Gasteiger partial charge >= 0.3 is 0 Å². The van der Waals surface area contributed by atoms with Crippen molar-refractivity contribution in [1.82, 2.24) is 24.8 Å². The van der Waals surface area contributed by atoms with Gasteiger partial charge in [0.05, 0.1) is 36.9 Å². The molecule has 2 fully saturated rings. The lowest BCUT2D eigenvalue weighted by molar-refractivity contribution is -0.137. The van der Waals surface area contributed by atoms with Crippen LogP contribution in [0.2, 0.25) is 0 Å². The van der Waals surface area contributed by atoms with Crippen LogP contribution in [0.1, 0.15) is 45.0 Å². The van der Waals surface area contributed by atoms with Crippen LogP contribution in [0.3, 0.4) is 0 Å². The fourth-order valence-corrected chi connectivity index (χ4v) is 3.75. The Labute approximate surface area is 168 Å². The number of ether oxygens (including phenoxy) is 1. The first kappa shape index (κ1) is 18.3. The highest BCUT2D eigenvalue weighted by molar-refractivity contribution is 5.83. The van der Waals surface area contributed by atoms with Crippen molar-refractivity contribution in [2.75, 3.05) is 26.3 Å². The summed E-state index contributed by atoms with van der Waals surface area (Å²) in [6, 6.07) is 6.35. The van der Waals surface area contributed by atoms with E-state index in [1.807, 2.05) is 27.9 Å². The first-order valence-corrected chi connectivity index (χ1v) is 10.0. The normalized spacial score (nSPS) is 18.1. The molecule has 152 valence electrons. The van der Waals surface area contributed by atoms with Crippen LogP contribution in [0.4, 0.5) is 0 Å². The molecule has 5 rings (SSSR count). The molecule has 0 unspecified atom stereocenters. The van der Waals surface area contributed by atoms with Gasteiger partial charge in [0, 0.05) is 30.5 Å². The van der Waals surface area contributed by atoms with E-state index in [2.05, 4.69) is 42.1 Å². The molecule has 4 heterocycles. The molecule has 0 N–H and O–H groups in total. The van der Waals surface area contributed by atoms with Crippen LogP contribution < -0.4 is 0 Å². The molecule has 1 aromatic carbocycles. The number of carbonyl (C=O) groups is 1. The maximum absolute atomic E-state index is 12.3. The van der Waals surface area contributed by atoms with E-state index in [9.17, 15) is 4.79 Å². The predicted molar refractivity (Wildman–Crippen MR) is 106 cm³/mol. The van der Waals surface area contributed by atoms with E-state index in [4.69, 9.17) is 9.26 Å². The summed E-state index contributed by atoms with van der Waals surface area (Å²) >= 11 is 0. The van der Waals surface area contributed by atoms with Gasteiger partial charge in [0.1, 0.15) is 0 Å². The molecule has 0 bridgehead atoms. The van der Waals surface area contributed by atoms with Gasteiger partial charge < -0.3 is 14.2 Å². The minimum Gasteiger partial charge on any atom is -0.377 e. The fourth-order valence-electron chi connectivity index (χ4n) is 3.75. The summed E-state index contributed by atoms with van der Waals surface area (Å²) in [7, 11) is 0. The molecule has 1 amide bonds. The van der Waals surface area contributed by atoms with Crippen molar-refractivity contribution in [2.45, 2.75) is 39.2 Å². The maximum atomic E-state index is 12.3. The molecule has 0 atom stereocenters. The summed E-state index contributed by atoms with van der Waals surface area (Å²) in [6.45, 7) is 8.90. The average molecular weight is 395 g/mol. The Bertz CT molecular complexity index is 1050. The molecular formula is C21H25N5O3. The molecule has 0 spiro atoms. The summed E-state index contributed by atoms with van der Waals surface area (Å²) in [5, 5.41) is 9.75. The highest BCUT2D eigenvalue weighted by Gasteiger charge is 2.36. The summed E-state index contributed by atoms with van der Waals surface area (Å²) in [5.74, 6) is 1.47. The number of hydrogen-bond donors (Lipinski definition) is 0. The van der Waals surface area contributed by atoms with Crippen LogP contribution in [0.5, 0.6) is 0 Å². The van der Waals surface area contributed by atoms with E-state index in [0.717, 1.165) is 16.5 Å². The molecule has 0 radical (unpaired) electrons. The lowest BCUT2D eigenvalue weighted by Gasteiger charge is -2.38. The third-order valence-electron chi connectivity index (χ3n) is 5.53. The molecule has 3 aromatic rings. The highest BCUT2D eigenvalue weighted by atomic mass is 16.5. The highest BCUT2D eigenvalue weighted by Crippen LogP contribution is 2.31. The Morgan fingerprint density at radius 2 is 2.03 bits per heavy atom. The second-order valence-electron chi connectivity index (χ2n) is 9.24. The van der Waals surface area contributed by atoms with Crippen molar-refractivity contribution in [3.05, 3.63) is 30.3 Å². The zero-order valence-electron chi connectivity index (χ0n) is 17.0. The number of carbonyl (C=O) groups excluding carboxylic acids is 1. The molecule has 2 aliphatic rings. The van der Waals surface area contributed by atoms with Gasteiger partial charge in [0.2, 0.25) is 17.6 Å². The zero-order valence-corrected chi connectivity index (χ0v) is 17.0. The summed E-state index contributed by atoms with van der Waals surface area (Å²) in [5.41, 5.74) is 1.94. The largest absolute Gasteiger partial charge is 0.377 e. The maximum Gasteiger partial charge on any atom is 0.233 e. The number of amides is 1. The van der Waals surface area contributed by atoms with Crippen molar-refractivity contribution in [3.63, 3.8) is 0 Å². The summed E-state index contributed by atoms with van der Waals surface area (Å²) < 4.78 is 12.8. The van der Waals surface area contributed by atoms with Crippen LogP contribution in [-0.2, 0) is 9.53 Å². The minimum absolute atomic E-state index is 0.00337. The fraction of sp³-hybridized carbons (Fsp3) is 0.524. The van der Waals surface area contributed by atoms with Crippen LogP contribution in [0, 0.1) is 5.41 Å². The summed E-state index contributed by atoms with van der Waals surface area (Å²) in [6.07, 6.45) is 2.42. The van der Waals surface area contributed by atoms with Crippen LogP contribution in [0.25, 0.3) is 22.3 Å². The van der Waals surface area contributed by atoms with Crippen LogP contribution in [0.15, 0.2) is 28.9 Å². The first-order chi connectivity index (χ1) is 13.9. The lowest BCUT2D eigenvalue weighted by Crippen LogP contribution is -2.49. The Kier molecular flexibility index (Phi) is 4.20. The Morgan fingerprint density at radius 3 is 2.72 bits per heavy atom. The van der Waals surface area contributed by atoms with Gasteiger partial charge in [0.25, 0.3) is 0 Å². The van der Waals surface area contributed by atoms with Gasteiger partial charge in [-0.15, -0.1) is 0 Å². The van der Waals surface area contributed by atoms with Crippen LogP contribution >= 0.6 is 0 Å². The van der Waals surface area contributed by atoms with Gasteiger partial charge in [0.15, 0.2) is 0 Å². The van der Waals surface area contributed by atoms with Gasteiger partial charge in [-0.2, -0.15) is 10.1 Å². The molecule has 8 heteroatoms. The number of aromatic nitrogens is 4. The van der Waals surface area contributed by atoms with E-state index in [-0.39, 0.29) is 23.3 Å². The van der Waals surface area contributed by atoms with E-state index in [1.54, 1.807) is 0 Å². The Balaban J connectivity index is 1.30. The summed E-state index contributed by atoms with van der Waals surface area (Å²) in [4.78, 5) is 18.8. The number of likely N-dealkylation sites (tertiary alicyclic amines) is 1. The standard InChI is InChI=1S/C21H25N5O3/c1-21(2,3)7-18(27)25-9-15(10-25)20-23-19(24-29-20)13-4-5-14-8-22-26(17(14)6-13)16-11-28-12-16/h4-6,8,15-16H,7,9-12H2,1-3H3. The topological polar surface area (TPSA) is 86.3 Å². The Morgan fingerprint density at radius 1 is 1.24 bits per heavy atom. The molecule has 0 aliphatic carbocycles. The average Bonchev–Trinajstić information content (AvgIpc) is 3.18. The SMILES string of the molecule is CC(C)(C)CC(=O)N1CC(c2nc(-c3ccc4cnn(C5COC5)c4c3)no2)C1. The predicted octanol–water partition coefficient (Wildman–Crippen LogP) is 3.02. The number of rotatable bonds is 4. The van der Waals surface area contributed by atoms with Crippen molar-refractivity contribution in [2.24, 2.45) is 5.41 Å². The molecule has 8 nitrogen and oxygen atoms in total. The van der Waals surface area contributed by atoms with E-state index < -0.39 is 0 Å². The second kappa shape index (κ2) is 6.66. The van der Waals surface area contributed by atoms with Crippen molar-refractivity contribution in [1.29, 1.82) is 0 Å². The smallest absolute Gasteiger partial charge is 0.233 e. The number of hydrogen-bond acceptors (Lipinski definition) is 6. The van der Waals surface area contributed by atoms with Gasteiger partial charge in [-0.3, -0.25) is 9.48 Å². The molecular weight excluding hydrogens is 370 g/mol. The monoisotopic (exact) mass is 395 g/mol. The quantitative estimate of drug-likeness (QED) is 0.675. The van der Waals surface area contributed by atoms with Crippen molar-refractivity contribution >= 4 is 16.8 Å². The van der Waals surface area contributed by atoms with Gasteiger partial charge in [-0.25, -0.2) is 0 Å².